The molecule has 0 aliphatic carbocycles. The van der Waals surface area contributed by atoms with E-state index < -0.39 is 0 Å². The lowest BCUT2D eigenvalue weighted by Gasteiger charge is -1.99. The summed E-state index contributed by atoms with van der Waals surface area (Å²) in [5.41, 5.74) is 1.37. The fourth-order valence-corrected chi connectivity index (χ4v) is 2.09. The summed E-state index contributed by atoms with van der Waals surface area (Å²) in [6.45, 7) is 0. The van der Waals surface area contributed by atoms with Gasteiger partial charge in [-0.15, -0.1) is 0 Å². The van der Waals surface area contributed by atoms with Crippen molar-refractivity contribution in [1.29, 1.82) is 0 Å². The normalized spacial score (nSPS) is 11.6. The Labute approximate surface area is 100 Å². The molecule has 5 nitrogen and oxygen atoms in total. The van der Waals surface area contributed by atoms with Crippen molar-refractivity contribution in [3.05, 3.63) is 46.8 Å². The summed E-state index contributed by atoms with van der Waals surface area (Å²) in [4.78, 5) is 16.6. The van der Waals surface area contributed by atoms with Gasteiger partial charge in [0.2, 0.25) is 16.9 Å². The number of aromatic amines is 1. The van der Waals surface area contributed by atoms with Crippen molar-refractivity contribution >= 4 is 33.1 Å². The lowest BCUT2D eigenvalue weighted by molar-refractivity contribution is 0.630. The maximum Gasteiger partial charge on any atom is 0.233 e. The number of pyridine rings is 1. The average molecular weight is 237 g/mol. The molecule has 0 saturated heterocycles. The minimum absolute atomic E-state index is 0.113. The zero-order chi connectivity index (χ0) is 12.1. The molecular formula is C13H7N3O2. The van der Waals surface area contributed by atoms with Gasteiger partial charge in [-0.3, -0.25) is 4.79 Å². The van der Waals surface area contributed by atoms with Gasteiger partial charge in [0.25, 0.3) is 0 Å². The van der Waals surface area contributed by atoms with Crippen LogP contribution >= 0.6 is 0 Å². The van der Waals surface area contributed by atoms with Crippen LogP contribution in [-0.2, 0) is 0 Å². The van der Waals surface area contributed by atoms with E-state index >= 15 is 0 Å². The fourth-order valence-electron chi connectivity index (χ4n) is 2.09. The molecule has 3 aromatic heterocycles. The van der Waals surface area contributed by atoms with Crippen LogP contribution in [0, 0.1) is 0 Å². The molecule has 18 heavy (non-hydrogen) atoms. The standard InChI is InChI=1S/C13H7N3O2/c17-11-8-5-7-3-1-2-4-10(7)15-12(8)18-13-9(11)6-14-16-13/h1-6H,(H,14,16). The Hall–Kier alpha value is -2.69. The largest absolute Gasteiger partial charge is 0.420 e. The molecule has 1 N–H and O–H groups in total. The van der Waals surface area contributed by atoms with E-state index in [2.05, 4.69) is 15.2 Å². The molecule has 0 spiro atoms. The molecule has 0 bridgehead atoms. The monoisotopic (exact) mass is 237 g/mol. The molecule has 4 rings (SSSR count). The van der Waals surface area contributed by atoms with E-state index in [0.29, 0.717) is 22.2 Å². The maximum absolute atomic E-state index is 12.2. The predicted molar refractivity (Wildman–Crippen MR) is 67.4 cm³/mol. The predicted octanol–water partition coefficient (Wildman–Crippen LogP) is 2.22. The highest BCUT2D eigenvalue weighted by Gasteiger charge is 2.10. The summed E-state index contributed by atoms with van der Waals surface area (Å²) in [6.07, 6.45) is 1.47. The average Bonchev–Trinajstić information content (AvgIpc) is 2.86. The van der Waals surface area contributed by atoms with Gasteiger partial charge in [0.15, 0.2) is 0 Å². The molecule has 0 amide bonds. The molecule has 1 aromatic carbocycles. The summed E-state index contributed by atoms with van der Waals surface area (Å²) >= 11 is 0. The smallest absolute Gasteiger partial charge is 0.233 e. The Morgan fingerprint density at radius 2 is 2.06 bits per heavy atom. The minimum atomic E-state index is -0.113. The van der Waals surface area contributed by atoms with Gasteiger partial charge < -0.3 is 4.42 Å². The zero-order valence-electron chi connectivity index (χ0n) is 9.18. The first-order valence-electron chi connectivity index (χ1n) is 5.48. The van der Waals surface area contributed by atoms with Gasteiger partial charge in [0.1, 0.15) is 5.39 Å². The Morgan fingerprint density at radius 3 is 3.00 bits per heavy atom. The Bertz CT molecular complexity index is 953. The maximum atomic E-state index is 12.2. The SMILES string of the molecule is O=c1c2cc3ccccc3nc2oc2[nH]ncc12. The van der Waals surface area contributed by atoms with Gasteiger partial charge in [0, 0.05) is 5.39 Å². The Balaban J connectivity index is 2.32. The highest BCUT2D eigenvalue weighted by Crippen LogP contribution is 2.19. The molecule has 0 saturated carbocycles. The number of hydrogen-bond acceptors (Lipinski definition) is 4. The van der Waals surface area contributed by atoms with E-state index in [1.165, 1.54) is 6.20 Å². The third-order valence-electron chi connectivity index (χ3n) is 2.98. The molecule has 0 unspecified atom stereocenters. The Morgan fingerprint density at radius 1 is 1.17 bits per heavy atom. The van der Waals surface area contributed by atoms with Crippen LogP contribution < -0.4 is 5.43 Å². The number of hydrogen-bond donors (Lipinski definition) is 1. The van der Waals surface area contributed by atoms with Crippen LogP contribution in [0.25, 0.3) is 33.1 Å². The first-order chi connectivity index (χ1) is 8.83. The highest BCUT2D eigenvalue weighted by atomic mass is 16.3. The van der Waals surface area contributed by atoms with Gasteiger partial charge in [-0.2, -0.15) is 5.10 Å². The van der Waals surface area contributed by atoms with Gasteiger partial charge in [-0.05, 0) is 12.1 Å². The first kappa shape index (κ1) is 9.35. The number of H-pyrrole nitrogens is 1. The van der Waals surface area contributed by atoms with Crippen LogP contribution in [0.3, 0.4) is 0 Å². The van der Waals surface area contributed by atoms with E-state index in [1.54, 1.807) is 6.07 Å². The molecule has 0 atom stereocenters. The van der Waals surface area contributed by atoms with Crippen LogP contribution in [0.4, 0.5) is 0 Å². The fraction of sp³-hybridized carbons (Fsp3) is 0. The van der Waals surface area contributed by atoms with E-state index in [-0.39, 0.29) is 5.43 Å². The second-order valence-corrected chi connectivity index (χ2v) is 4.08. The van der Waals surface area contributed by atoms with Crippen molar-refractivity contribution in [3.63, 3.8) is 0 Å². The van der Waals surface area contributed by atoms with Crippen molar-refractivity contribution < 1.29 is 4.42 Å². The number of fused-ring (bicyclic) bond motifs is 3. The molecule has 5 heteroatoms. The Kier molecular flexibility index (Phi) is 1.64. The van der Waals surface area contributed by atoms with Crippen molar-refractivity contribution in [2.75, 3.05) is 0 Å². The van der Waals surface area contributed by atoms with Crippen molar-refractivity contribution in [2.24, 2.45) is 0 Å². The quantitative estimate of drug-likeness (QED) is 0.476. The van der Waals surface area contributed by atoms with Crippen LogP contribution in [-0.4, -0.2) is 15.2 Å². The first-order valence-corrected chi connectivity index (χ1v) is 5.48. The molecule has 0 aliphatic rings. The van der Waals surface area contributed by atoms with Crippen molar-refractivity contribution in [3.8, 4) is 0 Å². The summed E-state index contributed by atoms with van der Waals surface area (Å²) in [5, 5.41) is 8.29. The van der Waals surface area contributed by atoms with Crippen LogP contribution in [0.15, 0.2) is 45.7 Å². The number of nitrogens with one attached hydrogen (secondary N) is 1. The van der Waals surface area contributed by atoms with E-state index in [4.69, 9.17) is 4.42 Å². The van der Waals surface area contributed by atoms with Gasteiger partial charge in [-0.1, -0.05) is 18.2 Å². The van der Waals surface area contributed by atoms with Crippen molar-refractivity contribution in [1.82, 2.24) is 15.2 Å². The lowest BCUT2D eigenvalue weighted by atomic mass is 10.1. The third kappa shape index (κ3) is 1.13. The number of aromatic nitrogens is 3. The second kappa shape index (κ2) is 3.16. The van der Waals surface area contributed by atoms with E-state index in [9.17, 15) is 4.79 Å². The molecule has 3 heterocycles. The number of nitrogens with zero attached hydrogens (tertiary/aromatic N) is 2. The molecule has 0 fully saturated rings. The van der Waals surface area contributed by atoms with E-state index in [0.717, 1.165) is 10.9 Å². The zero-order valence-corrected chi connectivity index (χ0v) is 9.18. The molecular weight excluding hydrogens is 230 g/mol. The van der Waals surface area contributed by atoms with Crippen LogP contribution in [0.2, 0.25) is 0 Å². The lowest BCUT2D eigenvalue weighted by Crippen LogP contribution is -2.01. The van der Waals surface area contributed by atoms with Gasteiger partial charge in [-0.25, -0.2) is 10.1 Å². The number of benzene rings is 1. The van der Waals surface area contributed by atoms with Crippen LogP contribution in [0.1, 0.15) is 0 Å². The second-order valence-electron chi connectivity index (χ2n) is 4.08. The summed E-state index contributed by atoms with van der Waals surface area (Å²) in [5.74, 6) is 0. The number of rotatable bonds is 0. The molecule has 0 radical (unpaired) electrons. The summed E-state index contributed by atoms with van der Waals surface area (Å²) in [6, 6.07) is 9.41. The minimum Gasteiger partial charge on any atom is -0.420 e. The summed E-state index contributed by atoms with van der Waals surface area (Å²) < 4.78 is 5.55. The topological polar surface area (TPSA) is 71.8 Å². The van der Waals surface area contributed by atoms with Crippen LogP contribution in [0.5, 0.6) is 0 Å². The van der Waals surface area contributed by atoms with Gasteiger partial charge >= 0.3 is 0 Å². The van der Waals surface area contributed by atoms with Crippen molar-refractivity contribution in [2.45, 2.75) is 0 Å². The summed E-state index contributed by atoms with van der Waals surface area (Å²) in [7, 11) is 0. The number of para-hydroxylation sites is 1. The highest BCUT2D eigenvalue weighted by molar-refractivity contribution is 5.94. The molecule has 86 valence electrons. The van der Waals surface area contributed by atoms with Gasteiger partial charge in [0.05, 0.1) is 17.1 Å². The third-order valence-corrected chi connectivity index (χ3v) is 2.98. The molecule has 4 aromatic rings. The molecule has 0 aliphatic heterocycles. The van der Waals surface area contributed by atoms with E-state index in [1.807, 2.05) is 24.3 Å².